The molecule has 0 amide bonds. The maximum absolute atomic E-state index is 12.7. The lowest BCUT2D eigenvalue weighted by Gasteiger charge is -2.16. The van der Waals surface area contributed by atoms with E-state index in [1.165, 1.54) is 0 Å². The molecule has 4 heteroatoms. The number of quaternary nitrogens is 1. The molecular weight excluding hydrogens is 258 g/mol. The minimum absolute atomic E-state index is 0.322. The molecule has 0 aliphatic heterocycles. The Labute approximate surface area is 114 Å². The lowest BCUT2D eigenvalue weighted by molar-refractivity contribution is -0.367. The second kappa shape index (κ2) is 5.55. The van der Waals surface area contributed by atoms with Crippen molar-refractivity contribution in [1.82, 2.24) is 0 Å². The van der Waals surface area contributed by atoms with Gasteiger partial charge in [0.15, 0.2) is 9.84 Å². The fraction of sp³-hybridized carbons (Fsp3) is 0.200. The summed E-state index contributed by atoms with van der Waals surface area (Å²) in [5.74, 6) is 0. The summed E-state index contributed by atoms with van der Waals surface area (Å²) in [5.41, 5.74) is 5.63. The van der Waals surface area contributed by atoms with Gasteiger partial charge in [0, 0.05) is 0 Å². The second-order valence-corrected chi connectivity index (χ2v) is 6.62. The average molecular weight is 276 g/mol. The summed E-state index contributed by atoms with van der Waals surface area (Å²) in [6.45, 7) is 2.25. The molecule has 0 unspecified atom stereocenters. The predicted molar refractivity (Wildman–Crippen MR) is 75.3 cm³/mol. The van der Waals surface area contributed by atoms with E-state index in [2.05, 4.69) is 5.73 Å². The molecule has 0 spiro atoms. The fourth-order valence-electron chi connectivity index (χ4n) is 2.20. The molecule has 0 saturated heterocycles. The SMILES string of the molecule is Cc1ccccc1[C@H](C[NH3+])S(=O)(=O)c1ccccc1. The Morgan fingerprint density at radius 3 is 2.16 bits per heavy atom. The van der Waals surface area contributed by atoms with Crippen LogP contribution in [0.5, 0.6) is 0 Å². The molecule has 3 nitrogen and oxygen atoms in total. The molecular formula is C15H18NO2S+. The minimum Gasteiger partial charge on any atom is -0.356 e. The monoisotopic (exact) mass is 276 g/mol. The maximum Gasteiger partial charge on any atom is 0.190 e. The Kier molecular flexibility index (Phi) is 4.02. The van der Waals surface area contributed by atoms with Gasteiger partial charge in [-0.1, -0.05) is 42.5 Å². The third-order valence-corrected chi connectivity index (χ3v) is 5.41. The number of sulfone groups is 1. The molecule has 19 heavy (non-hydrogen) atoms. The Bertz CT molecular complexity index is 651. The van der Waals surface area contributed by atoms with Crippen molar-refractivity contribution < 1.29 is 14.2 Å². The summed E-state index contributed by atoms with van der Waals surface area (Å²) in [4.78, 5) is 0.354. The minimum atomic E-state index is -3.39. The molecule has 3 N–H and O–H groups in total. The second-order valence-electron chi connectivity index (χ2n) is 4.49. The number of benzene rings is 2. The van der Waals surface area contributed by atoms with Gasteiger partial charge in [-0.25, -0.2) is 8.42 Å². The first kappa shape index (κ1) is 13.8. The number of hydrogen-bond acceptors (Lipinski definition) is 2. The van der Waals surface area contributed by atoms with Crippen molar-refractivity contribution in [2.24, 2.45) is 0 Å². The van der Waals surface area contributed by atoms with Crippen LogP contribution in [0.3, 0.4) is 0 Å². The number of aryl methyl sites for hydroxylation is 1. The third kappa shape index (κ3) is 2.69. The maximum atomic E-state index is 12.7. The Hall–Kier alpha value is -1.65. The molecule has 0 heterocycles. The molecule has 2 rings (SSSR count). The highest BCUT2D eigenvalue weighted by Gasteiger charge is 2.30. The summed E-state index contributed by atoms with van der Waals surface area (Å²) < 4.78 is 25.4. The molecule has 0 aliphatic rings. The van der Waals surface area contributed by atoms with Gasteiger partial charge in [-0.05, 0) is 30.2 Å². The summed E-state index contributed by atoms with van der Waals surface area (Å²) in [5, 5.41) is -0.587. The van der Waals surface area contributed by atoms with Crippen molar-refractivity contribution in [3.8, 4) is 0 Å². The van der Waals surface area contributed by atoms with E-state index in [4.69, 9.17) is 0 Å². The normalized spacial score (nSPS) is 13.2. The lowest BCUT2D eigenvalue weighted by atomic mass is 10.1. The highest BCUT2D eigenvalue weighted by molar-refractivity contribution is 7.91. The van der Waals surface area contributed by atoms with Gasteiger partial charge in [0.05, 0.1) is 11.4 Å². The van der Waals surface area contributed by atoms with E-state index in [0.717, 1.165) is 11.1 Å². The van der Waals surface area contributed by atoms with Gasteiger partial charge in [0.25, 0.3) is 0 Å². The van der Waals surface area contributed by atoms with Gasteiger partial charge in [0.2, 0.25) is 0 Å². The smallest absolute Gasteiger partial charge is 0.190 e. The summed E-state index contributed by atoms with van der Waals surface area (Å²) >= 11 is 0. The first-order valence-corrected chi connectivity index (χ1v) is 7.75. The summed E-state index contributed by atoms with van der Waals surface area (Å²) in [7, 11) is -3.39. The van der Waals surface area contributed by atoms with Crippen molar-refractivity contribution >= 4 is 9.84 Å². The van der Waals surface area contributed by atoms with E-state index in [-0.39, 0.29) is 0 Å². The molecule has 1 atom stereocenters. The van der Waals surface area contributed by atoms with Gasteiger partial charge < -0.3 is 5.73 Å². The molecule has 2 aromatic rings. The van der Waals surface area contributed by atoms with Crippen molar-refractivity contribution in [2.75, 3.05) is 6.54 Å². The van der Waals surface area contributed by atoms with E-state index < -0.39 is 15.1 Å². The van der Waals surface area contributed by atoms with Gasteiger partial charge in [0.1, 0.15) is 5.25 Å². The Morgan fingerprint density at radius 1 is 1.00 bits per heavy atom. The number of hydrogen-bond donors (Lipinski definition) is 1. The van der Waals surface area contributed by atoms with Crippen LogP contribution < -0.4 is 5.73 Å². The quantitative estimate of drug-likeness (QED) is 0.924. The predicted octanol–water partition coefficient (Wildman–Crippen LogP) is 1.75. The zero-order valence-corrected chi connectivity index (χ0v) is 11.7. The highest BCUT2D eigenvalue weighted by atomic mass is 32.2. The average Bonchev–Trinajstić information content (AvgIpc) is 2.42. The molecule has 0 bridgehead atoms. The van der Waals surface area contributed by atoms with Crippen LogP contribution in [-0.2, 0) is 9.84 Å². The first-order valence-electron chi connectivity index (χ1n) is 6.21. The molecule has 0 saturated carbocycles. The van der Waals surface area contributed by atoms with E-state index >= 15 is 0 Å². The van der Waals surface area contributed by atoms with E-state index in [1.54, 1.807) is 24.3 Å². The zero-order chi connectivity index (χ0) is 13.9. The molecule has 0 aromatic heterocycles. The molecule has 0 fully saturated rings. The van der Waals surface area contributed by atoms with Gasteiger partial charge >= 0.3 is 0 Å². The topological polar surface area (TPSA) is 61.8 Å². The first-order chi connectivity index (χ1) is 9.07. The van der Waals surface area contributed by atoms with Crippen molar-refractivity contribution in [1.29, 1.82) is 0 Å². The summed E-state index contributed by atoms with van der Waals surface area (Å²) in [6, 6.07) is 16.1. The highest BCUT2D eigenvalue weighted by Crippen LogP contribution is 2.29. The lowest BCUT2D eigenvalue weighted by Crippen LogP contribution is -2.54. The largest absolute Gasteiger partial charge is 0.356 e. The van der Waals surface area contributed by atoms with Crippen LogP contribution in [0.25, 0.3) is 0 Å². The molecule has 0 radical (unpaired) electrons. The van der Waals surface area contributed by atoms with Crippen molar-refractivity contribution in [2.45, 2.75) is 17.1 Å². The van der Waals surface area contributed by atoms with Gasteiger partial charge in [-0.2, -0.15) is 0 Å². The zero-order valence-electron chi connectivity index (χ0n) is 10.9. The third-order valence-electron chi connectivity index (χ3n) is 3.24. The van der Waals surface area contributed by atoms with E-state index in [9.17, 15) is 8.42 Å². The Balaban J connectivity index is 2.52. The van der Waals surface area contributed by atoms with Gasteiger partial charge in [-0.15, -0.1) is 0 Å². The molecule has 100 valence electrons. The van der Waals surface area contributed by atoms with E-state index in [1.807, 2.05) is 37.3 Å². The van der Waals surface area contributed by atoms with E-state index in [0.29, 0.717) is 11.4 Å². The van der Waals surface area contributed by atoms with Crippen LogP contribution >= 0.6 is 0 Å². The number of rotatable bonds is 4. The van der Waals surface area contributed by atoms with Crippen molar-refractivity contribution in [3.05, 3.63) is 65.7 Å². The summed E-state index contributed by atoms with van der Waals surface area (Å²) in [6.07, 6.45) is 0. The molecule has 0 aliphatic carbocycles. The Morgan fingerprint density at radius 2 is 1.58 bits per heavy atom. The van der Waals surface area contributed by atoms with Crippen molar-refractivity contribution in [3.63, 3.8) is 0 Å². The van der Waals surface area contributed by atoms with Crippen LogP contribution in [0.2, 0.25) is 0 Å². The standard InChI is InChI=1S/C15H17NO2S/c1-12-7-5-6-10-14(12)15(11-16)19(17,18)13-8-3-2-4-9-13/h2-10,15H,11,16H2,1H3/p+1/t15-/m0/s1. The van der Waals surface area contributed by atoms with Gasteiger partial charge in [-0.3, -0.25) is 0 Å². The fourth-order valence-corrected chi connectivity index (χ4v) is 3.97. The molecule has 2 aromatic carbocycles. The van der Waals surface area contributed by atoms with Crippen LogP contribution in [0, 0.1) is 6.92 Å². The van der Waals surface area contributed by atoms with Crippen LogP contribution in [0.15, 0.2) is 59.5 Å². The van der Waals surface area contributed by atoms with Crippen LogP contribution in [0.4, 0.5) is 0 Å². The van der Waals surface area contributed by atoms with Crippen LogP contribution in [0.1, 0.15) is 16.4 Å². The van der Waals surface area contributed by atoms with Crippen LogP contribution in [-0.4, -0.2) is 15.0 Å².